The van der Waals surface area contributed by atoms with Crippen molar-refractivity contribution in [2.75, 3.05) is 12.8 Å². The van der Waals surface area contributed by atoms with Crippen molar-refractivity contribution >= 4 is 11.6 Å². The number of carbonyl (C=O) groups is 1. The van der Waals surface area contributed by atoms with E-state index in [9.17, 15) is 4.79 Å². The van der Waals surface area contributed by atoms with Crippen molar-refractivity contribution in [2.45, 2.75) is 25.8 Å². The van der Waals surface area contributed by atoms with Crippen LogP contribution in [0.1, 0.15) is 39.6 Å². The Labute approximate surface area is 124 Å². The van der Waals surface area contributed by atoms with Gasteiger partial charge in [0.2, 0.25) is 0 Å². The molecule has 0 saturated carbocycles. The van der Waals surface area contributed by atoms with Gasteiger partial charge >= 0.3 is 0 Å². The topological polar surface area (TPSA) is 59.2 Å². The fourth-order valence-corrected chi connectivity index (χ4v) is 3.03. The average molecular weight is 281 g/mol. The lowest BCUT2D eigenvalue weighted by Crippen LogP contribution is -2.30. The summed E-state index contributed by atoms with van der Waals surface area (Å²) in [5, 5.41) is 0. The normalized spacial score (nSPS) is 16.6. The second kappa shape index (κ2) is 5.20. The number of nitrogens with two attached hydrogens (primary N) is 1. The molecule has 108 valence electrons. The minimum absolute atomic E-state index is 0.0194. The van der Waals surface area contributed by atoms with Gasteiger partial charge in [0, 0.05) is 7.05 Å². The van der Waals surface area contributed by atoms with E-state index in [0.717, 1.165) is 12.8 Å². The maximum atomic E-state index is 12.7. The van der Waals surface area contributed by atoms with E-state index in [4.69, 9.17) is 5.73 Å². The first-order valence-electron chi connectivity index (χ1n) is 7.15. The molecule has 2 aromatic rings. The van der Waals surface area contributed by atoms with Crippen molar-refractivity contribution in [1.82, 2.24) is 9.88 Å². The summed E-state index contributed by atoms with van der Waals surface area (Å²) in [5.41, 5.74) is 10.2. The molecule has 21 heavy (non-hydrogen) atoms. The fourth-order valence-electron chi connectivity index (χ4n) is 3.03. The van der Waals surface area contributed by atoms with E-state index < -0.39 is 0 Å². The van der Waals surface area contributed by atoms with E-state index in [2.05, 4.69) is 23.2 Å². The van der Waals surface area contributed by atoms with Gasteiger partial charge in [0.05, 0.1) is 29.2 Å². The fraction of sp³-hybridized carbons (Fsp3) is 0.294. The Morgan fingerprint density at radius 1 is 1.38 bits per heavy atom. The lowest BCUT2D eigenvalue weighted by atomic mass is 10.1. The van der Waals surface area contributed by atoms with Crippen LogP contribution in [0.15, 0.2) is 36.5 Å². The number of benzene rings is 1. The molecule has 1 aromatic heterocycles. The summed E-state index contributed by atoms with van der Waals surface area (Å²) in [4.78, 5) is 18.7. The Morgan fingerprint density at radius 3 is 2.95 bits per heavy atom. The monoisotopic (exact) mass is 281 g/mol. The largest absolute Gasteiger partial charge is 0.397 e. The van der Waals surface area contributed by atoms with E-state index in [0.29, 0.717) is 16.9 Å². The molecule has 1 amide bonds. The standard InChI is InChI=1S/C17H19N3O/c1-11-15(9-13(18)10-19-11)17(21)20(2)16-8-7-12-5-3-4-6-14(12)16/h3-6,9-10,16H,7-8,18H2,1-2H3. The van der Waals surface area contributed by atoms with Crippen molar-refractivity contribution < 1.29 is 4.79 Å². The van der Waals surface area contributed by atoms with E-state index in [1.807, 2.05) is 24.9 Å². The quantitative estimate of drug-likeness (QED) is 0.920. The molecule has 4 nitrogen and oxygen atoms in total. The number of aromatic nitrogens is 1. The summed E-state index contributed by atoms with van der Waals surface area (Å²) in [6.45, 7) is 1.84. The predicted molar refractivity (Wildman–Crippen MR) is 83.0 cm³/mol. The number of amides is 1. The number of carbonyl (C=O) groups excluding carboxylic acids is 1. The Balaban J connectivity index is 1.91. The Hall–Kier alpha value is -2.36. The smallest absolute Gasteiger partial charge is 0.256 e. The molecule has 0 bridgehead atoms. The lowest BCUT2D eigenvalue weighted by Gasteiger charge is -2.26. The maximum Gasteiger partial charge on any atom is 0.256 e. The molecule has 1 aliphatic rings. The lowest BCUT2D eigenvalue weighted by molar-refractivity contribution is 0.0729. The van der Waals surface area contributed by atoms with Crippen LogP contribution < -0.4 is 5.73 Å². The van der Waals surface area contributed by atoms with E-state index in [1.165, 1.54) is 11.1 Å². The number of rotatable bonds is 2. The summed E-state index contributed by atoms with van der Waals surface area (Å²) in [6, 6.07) is 10.2. The maximum absolute atomic E-state index is 12.7. The Bertz CT molecular complexity index is 696. The molecule has 1 aliphatic carbocycles. The van der Waals surface area contributed by atoms with Crippen LogP contribution in [0.25, 0.3) is 0 Å². The highest BCUT2D eigenvalue weighted by Crippen LogP contribution is 2.35. The van der Waals surface area contributed by atoms with Gasteiger partial charge in [-0.1, -0.05) is 24.3 Å². The van der Waals surface area contributed by atoms with Gasteiger partial charge in [0.15, 0.2) is 0 Å². The zero-order valence-electron chi connectivity index (χ0n) is 12.3. The highest BCUT2D eigenvalue weighted by molar-refractivity contribution is 5.96. The van der Waals surface area contributed by atoms with Crippen LogP contribution in [0.5, 0.6) is 0 Å². The van der Waals surface area contributed by atoms with E-state index >= 15 is 0 Å². The second-order valence-corrected chi connectivity index (χ2v) is 5.57. The zero-order chi connectivity index (χ0) is 15.0. The van der Waals surface area contributed by atoms with Crippen molar-refractivity contribution in [3.05, 3.63) is 58.9 Å². The minimum Gasteiger partial charge on any atom is -0.397 e. The summed E-state index contributed by atoms with van der Waals surface area (Å²) in [5.74, 6) is -0.0194. The number of hydrogen-bond acceptors (Lipinski definition) is 3. The average Bonchev–Trinajstić information content (AvgIpc) is 2.92. The Kier molecular flexibility index (Phi) is 3.37. The van der Waals surface area contributed by atoms with E-state index in [-0.39, 0.29) is 11.9 Å². The zero-order valence-corrected chi connectivity index (χ0v) is 12.3. The first-order chi connectivity index (χ1) is 10.1. The molecule has 3 rings (SSSR count). The minimum atomic E-state index is -0.0194. The van der Waals surface area contributed by atoms with Gasteiger partial charge < -0.3 is 10.6 Å². The molecule has 1 heterocycles. The van der Waals surface area contributed by atoms with Gasteiger partial charge in [-0.2, -0.15) is 0 Å². The van der Waals surface area contributed by atoms with Crippen LogP contribution in [-0.4, -0.2) is 22.8 Å². The molecule has 4 heteroatoms. The molecule has 0 fully saturated rings. The molecular formula is C17H19N3O. The number of aryl methyl sites for hydroxylation is 2. The summed E-state index contributed by atoms with van der Waals surface area (Å²) in [7, 11) is 1.86. The predicted octanol–water partition coefficient (Wildman–Crippen LogP) is 2.73. The van der Waals surface area contributed by atoms with E-state index in [1.54, 1.807) is 12.3 Å². The molecule has 0 radical (unpaired) electrons. The van der Waals surface area contributed by atoms with Crippen LogP contribution in [0.2, 0.25) is 0 Å². The molecule has 2 N–H and O–H groups in total. The van der Waals surface area contributed by atoms with Crippen molar-refractivity contribution in [2.24, 2.45) is 0 Å². The van der Waals surface area contributed by atoms with Gasteiger partial charge in [-0.3, -0.25) is 9.78 Å². The number of pyridine rings is 1. The molecule has 0 aliphatic heterocycles. The first kappa shape index (κ1) is 13.6. The van der Waals surface area contributed by atoms with Crippen molar-refractivity contribution in [3.8, 4) is 0 Å². The van der Waals surface area contributed by atoms with Gasteiger partial charge in [-0.25, -0.2) is 0 Å². The van der Waals surface area contributed by atoms with Gasteiger partial charge in [-0.05, 0) is 37.0 Å². The number of hydrogen-bond donors (Lipinski definition) is 1. The molecule has 0 spiro atoms. The summed E-state index contributed by atoms with van der Waals surface area (Å²) in [6.07, 6.45) is 3.57. The van der Waals surface area contributed by atoms with Gasteiger partial charge in [0.25, 0.3) is 5.91 Å². The summed E-state index contributed by atoms with van der Waals surface area (Å²) < 4.78 is 0. The third-order valence-corrected chi connectivity index (χ3v) is 4.23. The van der Waals surface area contributed by atoms with Crippen LogP contribution in [0.3, 0.4) is 0 Å². The first-order valence-corrected chi connectivity index (χ1v) is 7.15. The number of anilines is 1. The molecule has 0 saturated heterocycles. The van der Waals surface area contributed by atoms with Crippen LogP contribution in [0, 0.1) is 6.92 Å². The number of nitrogens with zero attached hydrogens (tertiary/aromatic N) is 2. The molecule has 1 aromatic carbocycles. The second-order valence-electron chi connectivity index (χ2n) is 5.57. The van der Waals surface area contributed by atoms with Crippen LogP contribution >= 0.6 is 0 Å². The third kappa shape index (κ3) is 2.37. The molecule has 1 unspecified atom stereocenters. The van der Waals surface area contributed by atoms with Crippen molar-refractivity contribution in [1.29, 1.82) is 0 Å². The number of fused-ring (bicyclic) bond motifs is 1. The van der Waals surface area contributed by atoms with Gasteiger partial charge in [0.1, 0.15) is 0 Å². The van der Waals surface area contributed by atoms with Crippen LogP contribution in [0.4, 0.5) is 5.69 Å². The SMILES string of the molecule is Cc1ncc(N)cc1C(=O)N(C)C1CCc2ccccc21. The molecular weight excluding hydrogens is 262 g/mol. The highest BCUT2D eigenvalue weighted by atomic mass is 16.2. The van der Waals surface area contributed by atoms with Gasteiger partial charge in [-0.15, -0.1) is 0 Å². The van der Waals surface area contributed by atoms with Crippen molar-refractivity contribution in [3.63, 3.8) is 0 Å². The third-order valence-electron chi connectivity index (χ3n) is 4.23. The number of nitrogen functional groups attached to an aromatic ring is 1. The molecule has 1 atom stereocenters. The highest BCUT2D eigenvalue weighted by Gasteiger charge is 2.29. The summed E-state index contributed by atoms with van der Waals surface area (Å²) >= 11 is 0. The van der Waals surface area contributed by atoms with Crippen LogP contribution in [-0.2, 0) is 6.42 Å². The Morgan fingerprint density at radius 2 is 2.14 bits per heavy atom.